The van der Waals surface area contributed by atoms with Crippen molar-refractivity contribution in [2.24, 2.45) is 5.73 Å². The van der Waals surface area contributed by atoms with Crippen LogP contribution in [0.5, 0.6) is 5.75 Å². The van der Waals surface area contributed by atoms with Gasteiger partial charge in [0.05, 0.1) is 6.42 Å². The van der Waals surface area contributed by atoms with Crippen LogP contribution in [0, 0.1) is 6.92 Å². The van der Waals surface area contributed by atoms with E-state index in [-0.39, 0.29) is 17.9 Å². The summed E-state index contributed by atoms with van der Waals surface area (Å²) in [6.07, 6.45) is 3.54. The van der Waals surface area contributed by atoms with Gasteiger partial charge in [0.25, 0.3) is 0 Å². The van der Waals surface area contributed by atoms with Crippen LogP contribution in [0.2, 0.25) is 0 Å². The van der Waals surface area contributed by atoms with E-state index in [1.807, 2.05) is 6.92 Å². The number of rotatable bonds is 15. The number of alkyl carbamates (subject to hydrolysis) is 1. The summed E-state index contributed by atoms with van der Waals surface area (Å²) in [7, 11) is 0. The van der Waals surface area contributed by atoms with Crippen LogP contribution in [0.25, 0.3) is 0 Å². The first-order valence-corrected chi connectivity index (χ1v) is 13.5. The average Bonchev–Trinajstić information content (AvgIpc) is 2.81. The molecule has 0 aliphatic rings. The van der Waals surface area contributed by atoms with E-state index in [0.29, 0.717) is 18.5 Å². The molecule has 1 rings (SSSR count). The molecule has 2 unspecified atom stereocenters. The van der Waals surface area contributed by atoms with Gasteiger partial charge in [-0.25, -0.2) is 4.79 Å². The highest BCUT2D eigenvalue weighted by molar-refractivity contribution is 5.94. The molecule has 4 amide bonds. The molecule has 0 radical (unpaired) electrons. The first-order chi connectivity index (χ1) is 17.8. The number of benzene rings is 1. The van der Waals surface area contributed by atoms with Crippen molar-refractivity contribution in [3.8, 4) is 5.75 Å². The number of primary amides is 1. The molecule has 1 aromatic carbocycles. The molecular formula is C28H46N4O6. The molecule has 0 heterocycles. The van der Waals surface area contributed by atoms with E-state index in [0.717, 1.165) is 32.1 Å². The van der Waals surface area contributed by atoms with Gasteiger partial charge < -0.3 is 31.1 Å². The van der Waals surface area contributed by atoms with Gasteiger partial charge >= 0.3 is 6.09 Å². The number of aromatic hydroxyl groups is 1. The SMILES string of the molecule is CCCCCNC(=O)C(c1cccc(C)c1O)N(CCCCC)C(=O)C(CC(N)=O)NC(=O)OC(C)(C)C. The fourth-order valence-corrected chi connectivity index (χ4v) is 3.99. The van der Waals surface area contributed by atoms with Gasteiger partial charge in [0.2, 0.25) is 17.7 Å². The molecule has 1 aromatic rings. The standard InChI is InChI=1S/C28H46N4O6/c1-7-9-11-16-30-25(35)23(20-15-13-14-19(3)24(20)34)32(17-12-10-8-2)26(36)21(18-22(29)33)31-27(37)38-28(4,5)6/h13-15,21,23,34H,7-12,16-18H2,1-6H3,(H2,29,33)(H,30,35)(H,31,37). The highest BCUT2D eigenvalue weighted by Crippen LogP contribution is 2.32. The van der Waals surface area contributed by atoms with Gasteiger partial charge in [-0.2, -0.15) is 0 Å². The number of hydrogen-bond donors (Lipinski definition) is 4. The molecule has 0 aliphatic carbocycles. The molecule has 214 valence electrons. The van der Waals surface area contributed by atoms with Crippen LogP contribution in [0.3, 0.4) is 0 Å². The highest BCUT2D eigenvalue weighted by Gasteiger charge is 2.38. The first-order valence-electron chi connectivity index (χ1n) is 13.5. The zero-order valence-corrected chi connectivity index (χ0v) is 23.8. The normalized spacial score (nSPS) is 12.8. The number of para-hydroxylation sites is 1. The maximum absolute atomic E-state index is 14.0. The molecule has 0 bridgehead atoms. The van der Waals surface area contributed by atoms with Crippen molar-refractivity contribution in [1.82, 2.24) is 15.5 Å². The van der Waals surface area contributed by atoms with Gasteiger partial charge in [0.1, 0.15) is 23.4 Å². The number of carbonyl (C=O) groups excluding carboxylic acids is 4. The Balaban J connectivity index is 3.52. The smallest absolute Gasteiger partial charge is 0.408 e. The Labute approximate surface area is 226 Å². The topological polar surface area (TPSA) is 151 Å². The summed E-state index contributed by atoms with van der Waals surface area (Å²) in [6.45, 7) is 11.4. The van der Waals surface area contributed by atoms with Crippen LogP contribution >= 0.6 is 0 Å². The number of aryl methyl sites for hydroxylation is 1. The van der Waals surface area contributed by atoms with Gasteiger partial charge in [0, 0.05) is 18.7 Å². The van der Waals surface area contributed by atoms with Crippen molar-refractivity contribution in [3.05, 3.63) is 29.3 Å². The number of carbonyl (C=O) groups is 4. The second-order valence-corrected chi connectivity index (χ2v) is 10.5. The van der Waals surface area contributed by atoms with Crippen molar-refractivity contribution in [2.75, 3.05) is 13.1 Å². The third-order valence-electron chi connectivity index (χ3n) is 5.88. The third kappa shape index (κ3) is 11.0. The first kappa shape index (κ1) is 32.7. The molecule has 0 aromatic heterocycles. The zero-order chi connectivity index (χ0) is 28.9. The number of ether oxygens (including phenoxy) is 1. The van der Waals surface area contributed by atoms with Crippen LogP contribution in [-0.4, -0.2) is 58.6 Å². The molecule has 10 nitrogen and oxygen atoms in total. The van der Waals surface area contributed by atoms with Crippen molar-refractivity contribution in [2.45, 2.75) is 104 Å². The van der Waals surface area contributed by atoms with Gasteiger partial charge in [0.15, 0.2) is 0 Å². The lowest BCUT2D eigenvalue weighted by molar-refractivity contribution is -0.143. The maximum atomic E-state index is 14.0. The van der Waals surface area contributed by atoms with Crippen LogP contribution in [0.4, 0.5) is 4.79 Å². The lowest BCUT2D eigenvalue weighted by atomic mass is 9.98. The van der Waals surface area contributed by atoms with Crippen molar-refractivity contribution in [3.63, 3.8) is 0 Å². The predicted molar refractivity (Wildman–Crippen MR) is 146 cm³/mol. The lowest BCUT2D eigenvalue weighted by Gasteiger charge is -2.34. The second kappa shape index (κ2) is 15.8. The average molecular weight is 535 g/mol. The summed E-state index contributed by atoms with van der Waals surface area (Å²) in [5.74, 6) is -2.02. The van der Waals surface area contributed by atoms with Gasteiger partial charge in [-0.05, 0) is 46.1 Å². The third-order valence-corrected chi connectivity index (χ3v) is 5.88. The molecule has 0 spiro atoms. The highest BCUT2D eigenvalue weighted by atomic mass is 16.6. The summed E-state index contributed by atoms with van der Waals surface area (Å²) in [4.78, 5) is 53.3. The number of amides is 4. The summed E-state index contributed by atoms with van der Waals surface area (Å²) in [5.41, 5.74) is 5.40. The number of nitrogens with one attached hydrogen (secondary N) is 2. The van der Waals surface area contributed by atoms with Gasteiger partial charge in [-0.15, -0.1) is 0 Å². The summed E-state index contributed by atoms with van der Waals surface area (Å²) >= 11 is 0. The van der Waals surface area contributed by atoms with Crippen LogP contribution < -0.4 is 16.4 Å². The largest absolute Gasteiger partial charge is 0.507 e. The van der Waals surface area contributed by atoms with Gasteiger partial charge in [-0.1, -0.05) is 57.7 Å². The molecule has 0 saturated carbocycles. The molecule has 38 heavy (non-hydrogen) atoms. The molecule has 2 atom stereocenters. The van der Waals surface area contributed by atoms with E-state index in [1.165, 1.54) is 4.90 Å². The van der Waals surface area contributed by atoms with E-state index >= 15 is 0 Å². The van der Waals surface area contributed by atoms with E-state index < -0.39 is 47.9 Å². The fraction of sp³-hybridized carbons (Fsp3) is 0.643. The summed E-state index contributed by atoms with van der Waals surface area (Å²) in [5, 5.41) is 16.3. The lowest BCUT2D eigenvalue weighted by Crippen LogP contribution is -2.54. The number of phenolic OH excluding ortho intramolecular Hbond substituents is 1. The second-order valence-electron chi connectivity index (χ2n) is 10.5. The molecule has 10 heteroatoms. The Kier molecular flexibility index (Phi) is 13.6. The number of nitrogens with two attached hydrogens (primary N) is 1. The molecule has 0 fully saturated rings. The number of phenols is 1. The Hall–Kier alpha value is -3.30. The van der Waals surface area contributed by atoms with Gasteiger partial charge in [-0.3, -0.25) is 14.4 Å². The fourth-order valence-electron chi connectivity index (χ4n) is 3.99. The zero-order valence-electron chi connectivity index (χ0n) is 23.8. The molecule has 0 saturated heterocycles. The minimum absolute atomic E-state index is 0.0962. The Morgan fingerprint density at radius 2 is 1.68 bits per heavy atom. The van der Waals surface area contributed by atoms with Crippen molar-refractivity contribution < 1.29 is 29.0 Å². The molecule has 5 N–H and O–H groups in total. The Morgan fingerprint density at radius 1 is 1.05 bits per heavy atom. The predicted octanol–water partition coefficient (Wildman–Crippen LogP) is 3.84. The Morgan fingerprint density at radius 3 is 2.26 bits per heavy atom. The monoisotopic (exact) mass is 534 g/mol. The van der Waals surface area contributed by atoms with E-state index in [4.69, 9.17) is 10.5 Å². The van der Waals surface area contributed by atoms with Crippen LogP contribution in [0.1, 0.15) is 96.7 Å². The van der Waals surface area contributed by atoms with Crippen LogP contribution in [0.15, 0.2) is 18.2 Å². The summed E-state index contributed by atoms with van der Waals surface area (Å²) in [6, 6.07) is 2.47. The quantitative estimate of drug-likeness (QED) is 0.251. The van der Waals surface area contributed by atoms with Crippen molar-refractivity contribution in [1.29, 1.82) is 0 Å². The number of nitrogens with zero attached hydrogens (tertiary/aromatic N) is 1. The van der Waals surface area contributed by atoms with E-state index in [9.17, 15) is 24.3 Å². The van der Waals surface area contributed by atoms with Crippen molar-refractivity contribution >= 4 is 23.8 Å². The van der Waals surface area contributed by atoms with E-state index in [1.54, 1.807) is 45.9 Å². The maximum Gasteiger partial charge on any atom is 0.408 e. The molecular weight excluding hydrogens is 488 g/mol. The van der Waals surface area contributed by atoms with E-state index in [2.05, 4.69) is 17.6 Å². The minimum Gasteiger partial charge on any atom is -0.507 e. The number of unbranched alkanes of at least 4 members (excludes halogenated alkanes) is 4. The molecule has 0 aliphatic heterocycles. The van der Waals surface area contributed by atoms with Crippen LogP contribution in [-0.2, 0) is 19.1 Å². The Bertz CT molecular complexity index is 944. The number of hydrogen-bond acceptors (Lipinski definition) is 6. The minimum atomic E-state index is -1.36. The summed E-state index contributed by atoms with van der Waals surface area (Å²) < 4.78 is 5.29.